The highest BCUT2D eigenvalue weighted by Gasteiger charge is 2.30. The van der Waals surface area contributed by atoms with E-state index >= 15 is 0 Å². The molecule has 0 fully saturated rings. The Labute approximate surface area is 581 Å². The quantitative estimate of drug-likeness (QED) is 0.0222. The lowest BCUT2D eigenvalue weighted by Crippen LogP contribution is -2.30. The molecule has 0 aromatic heterocycles. The van der Waals surface area contributed by atoms with Crippen LogP contribution >= 0.6 is 15.6 Å². The van der Waals surface area contributed by atoms with Crippen LogP contribution in [0.1, 0.15) is 395 Å². The van der Waals surface area contributed by atoms with E-state index in [9.17, 15) is 43.2 Å². The number of esters is 4. The number of aliphatic hydroxyl groups is 1. The van der Waals surface area contributed by atoms with E-state index in [0.717, 1.165) is 102 Å². The van der Waals surface area contributed by atoms with E-state index < -0.39 is 97.5 Å². The summed E-state index contributed by atoms with van der Waals surface area (Å²) in [5, 5.41) is 10.6. The summed E-state index contributed by atoms with van der Waals surface area (Å²) in [5.74, 6) is -0.601. The average Bonchev–Trinajstić information content (AvgIpc) is 1.44. The molecular formula is C76H148O17P2. The maximum Gasteiger partial charge on any atom is 0.472 e. The fraction of sp³-hybridized carbons (Fsp3) is 0.947. The number of rotatable bonds is 75. The lowest BCUT2D eigenvalue weighted by molar-refractivity contribution is -0.161. The van der Waals surface area contributed by atoms with Gasteiger partial charge in [0, 0.05) is 25.7 Å². The van der Waals surface area contributed by atoms with Gasteiger partial charge in [0.1, 0.15) is 19.3 Å². The van der Waals surface area contributed by atoms with Crippen molar-refractivity contribution < 1.29 is 80.2 Å². The maximum atomic E-state index is 13.1. The zero-order chi connectivity index (χ0) is 70.0. The van der Waals surface area contributed by atoms with Crippen molar-refractivity contribution in [1.29, 1.82) is 0 Å². The number of hydrogen-bond donors (Lipinski definition) is 3. The van der Waals surface area contributed by atoms with Crippen molar-refractivity contribution in [3.8, 4) is 0 Å². The van der Waals surface area contributed by atoms with Crippen LogP contribution in [0.25, 0.3) is 0 Å². The summed E-state index contributed by atoms with van der Waals surface area (Å²) in [5.41, 5.74) is 0. The highest BCUT2D eigenvalue weighted by atomic mass is 31.2. The van der Waals surface area contributed by atoms with Crippen LogP contribution in [-0.4, -0.2) is 96.7 Å². The molecule has 0 aliphatic carbocycles. The van der Waals surface area contributed by atoms with Gasteiger partial charge in [-0.05, 0) is 37.5 Å². The zero-order valence-electron chi connectivity index (χ0n) is 62.0. The van der Waals surface area contributed by atoms with Gasteiger partial charge in [-0.25, -0.2) is 9.13 Å². The first-order chi connectivity index (χ1) is 45.9. The van der Waals surface area contributed by atoms with Gasteiger partial charge >= 0.3 is 39.5 Å². The van der Waals surface area contributed by atoms with E-state index in [1.165, 1.54) is 212 Å². The molecule has 3 unspecified atom stereocenters. The van der Waals surface area contributed by atoms with Crippen molar-refractivity contribution >= 4 is 39.5 Å². The van der Waals surface area contributed by atoms with E-state index in [-0.39, 0.29) is 25.7 Å². The van der Waals surface area contributed by atoms with Gasteiger partial charge in [0.15, 0.2) is 12.2 Å². The summed E-state index contributed by atoms with van der Waals surface area (Å²) >= 11 is 0. The molecule has 0 rings (SSSR count). The van der Waals surface area contributed by atoms with E-state index in [2.05, 4.69) is 41.5 Å². The van der Waals surface area contributed by atoms with Crippen molar-refractivity contribution in [3.05, 3.63) is 0 Å². The number of aliphatic hydroxyl groups excluding tert-OH is 1. The van der Waals surface area contributed by atoms with Gasteiger partial charge in [-0.2, -0.15) is 0 Å². The molecule has 0 aliphatic heterocycles. The van der Waals surface area contributed by atoms with Crippen molar-refractivity contribution in [2.45, 2.75) is 413 Å². The summed E-state index contributed by atoms with van der Waals surface area (Å²) in [6.07, 6.45) is 55.4. The summed E-state index contributed by atoms with van der Waals surface area (Å²) in [7, 11) is -9.91. The van der Waals surface area contributed by atoms with Crippen LogP contribution in [0.15, 0.2) is 0 Å². The molecule has 0 aromatic rings. The van der Waals surface area contributed by atoms with E-state index in [1.807, 2.05) is 0 Å². The van der Waals surface area contributed by atoms with Crippen LogP contribution in [0.2, 0.25) is 0 Å². The molecule has 0 saturated carbocycles. The normalized spacial score (nSPS) is 14.3. The molecular weight excluding hydrogens is 1250 g/mol. The van der Waals surface area contributed by atoms with Gasteiger partial charge in [-0.3, -0.25) is 37.3 Å². The predicted octanol–water partition coefficient (Wildman–Crippen LogP) is 22.3. The smallest absolute Gasteiger partial charge is 0.462 e. The Hall–Kier alpha value is -1.94. The van der Waals surface area contributed by atoms with Gasteiger partial charge in [0.2, 0.25) is 0 Å². The minimum atomic E-state index is -4.96. The second kappa shape index (κ2) is 67.9. The Kier molecular flexibility index (Phi) is 66.5. The van der Waals surface area contributed by atoms with E-state index in [1.54, 1.807) is 0 Å². The van der Waals surface area contributed by atoms with E-state index in [4.69, 9.17) is 37.0 Å². The van der Waals surface area contributed by atoms with Crippen LogP contribution in [0.3, 0.4) is 0 Å². The van der Waals surface area contributed by atoms with Crippen LogP contribution in [0.4, 0.5) is 0 Å². The second-order valence-electron chi connectivity index (χ2n) is 28.1. The molecule has 0 amide bonds. The van der Waals surface area contributed by atoms with Gasteiger partial charge in [0.05, 0.1) is 26.4 Å². The highest BCUT2D eigenvalue weighted by Crippen LogP contribution is 2.45. The third-order valence-corrected chi connectivity index (χ3v) is 20.0. The largest absolute Gasteiger partial charge is 0.472 e. The molecule has 0 saturated heterocycles. The monoisotopic (exact) mass is 1400 g/mol. The maximum absolute atomic E-state index is 13.1. The minimum absolute atomic E-state index is 0.105. The standard InChI is InChI=1S/C76H148O17P2/c1-7-10-12-14-16-18-20-22-24-26-28-30-34-42-48-54-60-75(80)92-71(64-86-73(78)58-52-46-40-33-29-27-25-23-21-19-17-15-13-11-8-2)66-90-94(82,83)88-62-70(77)63-89-95(84,85)91-67-72(93-76(81)61-55-49-43-35-31-32-38-44-50-56-68(4)5)65-87-74(79)59-53-47-41-37-36-39-45-51-57-69(6)9-3/h68-72,77H,7-67H2,1-6H3,(H,82,83)(H,84,85)/t69?,70-,71-,72-/m1/s1. The molecule has 0 heterocycles. The SMILES string of the molecule is CCCCCCCCCCCCCCCCCCC(=O)O[C@H](COC(=O)CCCCCCCCCCCCCCCCC)COP(=O)(O)OC[C@@H](O)COP(=O)(O)OC[C@@H](COC(=O)CCCCCCCCCCC(C)CC)OC(=O)CCCCCCCCCCCC(C)C. The lowest BCUT2D eigenvalue weighted by Gasteiger charge is -2.21. The summed E-state index contributed by atoms with van der Waals surface area (Å²) in [4.78, 5) is 72.8. The first-order valence-electron chi connectivity index (χ1n) is 39.5. The summed E-state index contributed by atoms with van der Waals surface area (Å²) in [6, 6.07) is 0. The molecule has 0 radical (unpaired) electrons. The Bertz CT molecular complexity index is 1840. The molecule has 564 valence electrons. The molecule has 0 aromatic carbocycles. The number of phosphoric acid groups is 2. The Morgan fingerprint density at radius 1 is 0.305 bits per heavy atom. The predicted molar refractivity (Wildman–Crippen MR) is 386 cm³/mol. The number of carbonyl (C=O) groups excluding carboxylic acids is 4. The summed E-state index contributed by atoms with van der Waals surface area (Å²) in [6.45, 7) is 9.58. The average molecular weight is 1400 g/mol. The van der Waals surface area contributed by atoms with Crippen LogP contribution in [-0.2, 0) is 65.4 Å². The van der Waals surface area contributed by atoms with Crippen LogP contribution in [0, 0.1) is 11.8 Å². The van der Waals surface area contributed by atoms with Crippen LogP contribution in [0.5, 0.6) is 0 Å². The van der Waals surface area contributed by atoms with Crippen molar-refractivity contribution in [2.75, 3.05) is 39.6 Å². The van der Waals surface area contributed by atoms with Crippen molar-refractivity contribution in [3.63, 3.8) is 0 Å². The van der Waals surface area contributed by atoms with Gasteiger partial charge in [-0.1, -0.05) is 343 Å². The molecule has 6 atom stereocenters. The summed E-state index contributed by atoms with van der Waals surface area (Å²) < 4.78 is 68.6. The minimum Gasteiger partial charge on any atom is -0.462 e. The molecule has 0 spiro atoms. The third-order valence-electron chi connectivity index (χ3n) is 18.1. The third kappa shape index (κ3) is 69.0. The molecule has 19 heteroatoms. The van der Waals surface area contributed by atoms with Crippen molar-refractivity contribution in [1.82, 2.24) is 0 Å². The lowest BCUT2D eigenvalue weighted by atomic mass is 9.99. The molecule has 3 N–H and O–H groups in total. The topological polar surface area (TPSA) is 237 Å². The number of phosphoric ester groups is 2. The van der Waals surface area contributed by atoms with Crippen LogP contribution < -0.4 is 0 Å². The fourth-order valence-corrected chi connectivity index (χ4v) is 13.2. The Morgan fingerprint density at radius 2 is 0.537 bits per heavy atom. The number of carbonyl (C=O) groups is 4. The molecule has 0 aliphatic rings. The zero-order valence-corrected chi connectivity index (χ0v) is 63.8. The van der Waals surface area contributed by atoms with E-state index in [0.29, 0.717) is 25.7 Å². The number of ether oxygens (including phenoxy) is 4. The number of hydrogen-bond acceptors (Lipinski definition) is 15. The number of unbranched alkanes of at least 4 members (excludes halogenated alkanes) is 44. The fourth-order valence-electron chi connectivity index (χ4n) is 11.6. The Balaban J connectivity index is 5.26. The Morgan fingerprint density at radius 3 is 0.800 bits per heavy atom. The first kappa shape index (κ1) is 93.1. The van der Waals surface area contributed by atoms with Gasteiger partial charge in [-0.15, -0.1) is 0 Å². The van der Waals surface area contributed by atoms with Gasteiger partial charge in [0.25, 0.3) is 0 Å². The van der Waals surface area contributed by atoms with Gasteiger partial charge < -0.3 is 33.8 Å². The second-order valence-corrected chi connectivity index (χ2v) is 31.0. The van der Waals surface area contributed by atoms with Crippen molar-refractivity contribution in [2.24, 2.45) is 11.8 Å². The highest BCUT2D eigenvalue weighted by molar-refractivity contribution is 7.47. The first-order valence-corrected chi connectivity index (χ1v) is 42.5. The molecule has 17 nitrogen and oxygen atoms in total. The molecule has 95 heavy (non-hydrogen) atoms. The molecule has 0 bridgehead atoms.